The van der Waals surface area contributed by atoms with Crippen LogP contribution in [-0.4, -0.2) is 16.2 Å². The number of rotatable bonds is 8. The molecule has 3 heterocycles. The Balaban J connectivity index is 1.19. The highest BCUT2D eigenvalue weighted by Gasteiger charge is 2.35. The second kappa shape index (κ2) is 15.5. The summed E-state index contributed by atoms with van der Waals surface area (Å²) >= 11 is 0. The van der Waals surface area contributed by atoms with Crippen molar-refractivity contribution in [1.29, 1.82) is 0 Å². The first-order chi connectivity index (χ1) is 29.9. The van der Waals surface area contributed by atoms with Gasteiger partial charge in [-0.3, -0.25) is 4.57 Å². The summed E-state index contributed by atoms with van der Waals surface area (Å²) in [5, 5.41) is 2.35. The largest absolute Gasteiger partial charge is 0.457 e. The Kier molecular flexibility index (Phi) is 10.3. The quantitative estimate of drug-likeness (QED) is 0.153. The number of anilines is 4. The molecule has 320 valence electrons. The third kappa shape index (κ3) is 7.56. The van der Waals surface area contributed by atoms with E-state index >= 15 is 0 Å². The van der Waals surface area contributed by atoms with E-state index in [-0.39, 0.29) is 16.2 Å². The van der Waals surface area contributed by atoms with Crippen LogP contribution in [0.2, 0.25) is 0 Å². The van der Waals surface area contributed by atoms with Crippen LogP contribution in [-0.2, 0) is 10.8 Å². The van der Waals surface area contributed by atoms with Gasteiger partial charge in [0.05, 0.1) is 22.4 Å². The number of ether oxygens (including phenoxy) is 1. The molecule has 0 spiro atoms. The van der Waals surface area contributed by atoms with Crippen molar-refractivity contribution in [3.05, 3.63) is 167 Å². The Labute approximate surface area is 375 Å². The lowest BCUT2D eigenvalue weighted by Gasteiger charge is -2.39. The summed E-state index contributed by atoms with van der Waals surface area (Å²) in [6, 6.07) is 48.9. The summed E-state index contributed by atoms with van der Waals surface area (Å²) in [6.45, 7) is 28.1. The standard InChI is InChI=1S/C58H62N4O/c1-37(2)47-20-13-14-21-48(47)40-30-44(61-36-60(53-28-38(3)39(4)29-54(53)61)43-19-17-18-41(32-43)56(5,6)7)34-46(31-40)63-45-24-25-50-49-22-15-16-23-51(49)62(52(50)35-45)55-33-42(26-27-59-55)58(11,12)57(8,9)10/h13-35,37H,36H2,1-12H3. The molecule has 0 saturated heterocycles. The molecule has 63 heavy (non-hydrogen) atoms. The number of pyridine rings is 1. The average Bonchev–Trinajstić information content (AvgIpc) is 3.78. The van der Waals surface area contributed by atoms with Gasteiger partial charge >= 0.3 is 0 Å². The fraction of sp³-hybridized carbons (Fsp3) is 0.293. The summed E-state index contributed by atoms with van der Waals surface area (Å²) in [7, 11) is 0. The lowest BCUT2D eigenvalue weighted by atomic mass is 9.65. The van der Waals surface area contributed by atoms with E-state index in [0.717, 1.165) is 45.0 Å². The van der Waals surface area contributed by atoms with Crippen molar-refractivity contribution in [3.63, 3.8) is 0 Å². The van der Waals surface area contributed by atoms with E-state index in [1.807, 2.05) is 6.20 Å². The highest BCUT2D eigenvalue weighted by molar-refractivity contribution is 6.09. The fourth-order valence-corrected chi connectivity index (χ4v) is 9.07. The molecule has 0 radical (unpaired) electrons. The lowest BCUT2D eigenvalue weighted by Crippen LogP contribution is -2.34. The van der Waals surface area contributed by atoms with Crippen LogP contribution in [0.3, 0.4) is 0 Å². The predicted molar refractivity (Wildman–Crippen MR) is 267 cm³/mol. The minimum absolute atomic E-state index is 0.0346. The number of aromatic nitrogens is 2. The zero-order chi connectivity index (χ0) is 44.6. The Hall–Kier alpha value is -6.33. The molecule has 0 saturated carbocycles. The van der Waals surface area contributed by atoms with Crippen LogP contribution < -0.4 is 14.5 Å². The van der Waals surface area contributed by atoms with E-state index in [1.54, 1.807) is 0 Å². The van der Waals surface area contributed by atoms with Crippen molar-refractivity contribution in [3.8, 4) is 28.4 Å². The van der Waals surface area contributed by atoms with E-state index in [2.05, 4.69) is 231 Å². The molecule has 0 atom stereocenters. The van der Waals surface area contributed by atoms with Crippen LogP contribution >= 0.6 is 0 Å². The second-order valence-corrected chi connectivity index (χ2v) is 20.6. The van der Waals surface area contributed by atoms with Gasteiger partial charge in [-0.2, -0.15) is 0 Å². The van der Waals surface area contributed by atoms with Crippen LogP contribution in [0, 0.1) is 19.3 Å². The van der Waals surface area contributed by atoms with Gasteiger partial charge in [-0.15, -0.1) is 0 Å². The zero-order valence-electron chi connectivity index (χ0n) is 39.3. The van der Waals surface area contributed by atoms with Gasteiger partial charge < -0.3 is 14.5 Å². The third-order valence-electron chi connectivity index (χ3n) is 14.0. The van der Waals surface area contributed by atoms with Gasteiger partial charge in [-0.25, -0.2) is 4.98 Å². The summed E-state index contributed by atoms with van der Waals surface area (Å²) < 4.78 is 9.38. The number of nitrogens with zero attached hydrogens (tertiary/aromatic N) is 4. The predicted octanol–water partition coefficient (Wildman–Crippen LogP) is 16.2. The van der Waals surface area contributed by atoms with Crippen molar-refractivity contribution >= 4 is 44.6 Å². The summed E-state index contributed by atoms with van der Waals surface area (Å²) in [5.41, 5.74) is 15.7. The van der Waals surface area contributed by atoms with Gasteiger partial charge in [0.25, 0.3) is 0 Å². The smallest absolute Gasteiger partial charge is 0.137 e. The number of aryl methyl sites for hydroxylation is 2. The van der Waals surface area contributed by atoms with Crippen molar-refractivity contribution in [2.75, 3.05) is 16.5 Å². The molecular weight excluding hydrogens is 769 g/mol. The SMILES string of the molecule is Cc1cc2c(cc1C)N(c1cccc(C(C)(C)C)c1)CN2c1cc(Oc2ccc3c4ccccc4n(-c4cc(C(C)(C)C(C)(C)C)ccn4)c3c2)cc(-c2ccccc2C(C)C)c1. The molecule has 5 nitrogen and oxygen atoms in total. The second-order valence-electron chi connectivity index (χ2n) is 20.6. The Morgan fingerprint density at radius 3 is 1.97 bits per heavy atom. The van der Waals surface area contributed by atoms with Crippen molar-refractivity contribution in [1.82, 2.24) is 9.55 Å². The molecular formula is C58H62N4O. The average molecular weight is 831 g/mol. The van der Waals surface area contributed by atoms with E-state index in [4.69, 9.17) is 9.72 Å². The highest BCUT2D eigenvalue weighted by atomic mass is 16.5. The van der Waals surface area contributed by atoms with Gasteiger partial charge in [0.2, 0.25) is 0 Å². The third-order valence-corrected chi connectivity index (χ3v) is 14.0. The number of benzene rings is 6. The summed E-state index contributed by atoms with van der Waals surface area (Å²) in [4.78, 5) is 9.92. The van der Waals surface area contributed by atoms with Crippen LogP contribution in [0.25, 0.3) is 38.8 Å². The van der Waals surface area contributed by atoms with Crippen molar-refractivity contribution < 1.29 is 4.74 Å². The number of hydrogen-bond acceptors (Lipinski definition) is 4. The molecule has 0 unspecified atom stereocenters. The maximum Gasteiger partial charge on any atom is 0.137 e. The first kappa shape index (κ1) is 42.0. The highest BCUT2D eigenvalue weighted by Crippen LogP contribution is 2.48. The van der Waals surface area contributed by atoms with Gasteiger partial charge in [-0.05, 0) is 142 Å². The monoisotopic (exact) mass is 830 g/mol. The minimum atomic E-state index is -0.0739. The van der Waals surface area contributed by atoms with Crippen molar-refractivity contribution in [2.24, 2.45) is 5.41 Å². The fourth-order valence-electron chi connectivity index (χ4n) is 9.07. The lowest BCUT2D eigenvalue weighted by molar-refractivity contribution is 0.225. The van der Waals surface area contributed by atoms with Crippen LogP contribution in [0.15, 0.2) is 140 Å². The number of fused-ring (bicyclic) bond motifs is 4. The van der Waals surface area contributed by atoms with Crippen LogP contribution in [0.4, 0.5) is 22.7 Å². The minimum Gasteiger partial charge on any atom is -0.457 e. The van der Waals surface area contributed by atoms with E-state index in [1.165, 1.54) is 55.8 Å². The Morgan fingerprint density at radius 2 is 1.25 bits per heavy atom. The molecule has 0 aliphatic carbocycles. The molecule has 0 bridgehead atoms. The normalized spacial score (nSPS) is 13.4. The molecule has 0 amide bonds. The van der Waals surface area contributed by atoms with Crippen molar-refractivity contribution in [2.45, 2.75) is 99.8 Å². The van der Waals surface area contributed by atoms with Crippen LogP contribution in [0.5, 0.6) is 11.5 Å². The van der Waals surface area contributed by atoms with Gasteiger partial charge in [0, 0.05) is 40.5 Å². The molecule has 8 aromatic rings. The molecule has 2 aromatic heterocycles. The van der Waals surface area contributed by atoms with E-state index < -0.39 is 0 Å². The van der Waals surface area contributed by atoms with E-state index in [9.17, 15) is 0 Å². The summed E-state index contributed by atoms with van der Waals surface area (Å²) in [6.07, 6.45) is 1.96. The number of para-hydroxylation sites is 1. The molecule has 0 N–H and O–H groups in total. The zero-order valence-corrected chi connectivity index (χ0v) is 39.3. The Morgan fingerprint density at radius 1 is 0.571 bits per heavy atom. The van der Waals surface area contributed by atoms with Crippen LogP contribution in [0.1, 0.15) is 103 Å². The molecule has 1 aliphatic heterocycles. The maximum atomic E-state index is 7.08. The molecule has 0 fully saturated rings. The van der Waals surface area contributed by atoms with Gasteiger partial charge in [-0.1, -0.05) is 124 Å². The Bertz CT molecular complexity index is 3030. The first-order valence-corrected chi connectivity index (χ1v) is 22.6. The number of hydrogen-bond donors (Lipinski definition) is 0. The first-order valence-electron chi connectivity index (χ1n) is 22.6. The van der Waals surface area contributed by atoms with E-state index in [0.29, 0.717) is 12.6 Å². The summed E-state index contributed by atoms with van der Waals surface area (Å²) in [5.74, 6) is 2.81. The van der Waals surface area contributed by atoms with Gasteiger partial charge in [0.15, 0.2) is 0 Å². The molecule has 5 heteroatoms. The molecule has 6 aromatic carbocycles. The van der Waals surface area contributed by atoms with Gasteiger partial charge in [0.1, 0.15) is 24.0 Å². The molecule has 1 aliphatic rings. The topological polar surface area (TPSA) is 33.5 Å². The molecule has 9 rings (SSSR count). The maximum absolute atomic E-state index is 7.08.